The Hall–Kier alpha value is -3.38. The highest BCUT2D eigenvalue weighted by Gasteiger charge is 2.22. The molecule has 2 aromatic carbocycles. The first-order chi connectivity index (χ1) is 12.5. The molecule has 0 aliphatic rings. The van der Waals surface area contributed by atoms with Crippen molar-refractivity contribution in [2.45, 2.75) is 4.90 Å². The van der Waals surface area contributed by atoms with Crippen LogP contribution in [0.4, 0.5) is 17.1 Å². The third-order valence-corrected chi connectivity index (χ3v) is 5.36. The van der Waals surface area contributed by atoms with Crippen molar-refractivity contribution < 1.29 is 23.1 Å². The van der Waals surface area contributed by atoms with Crippen molar-refractivity contribution >= 4 is 33.0 Å². The number of sulfonamides is 1. The zero-order valence-electron chi connectivity index (χ0n) is 14.1. The monoisotopic (exact) mass is 394 g/mol. The minimum absolute atomic E-state index is 0.0228. The van der Waals surface area contributed by atoms with Crippen LogP contribution >= 0.6 is 0 Å². The molecule has 0 unspecified atom stereocenters. The number of benzene rings is 2. The largest absolute Gasteiger partial charge is 0.316 e. The maximum Gasteiger partial charge on any atom is 0.299 e. The van der Waals surface area contributed by atoms with Crippen molar-refractivity contribution in [2.75, 3.05) is 19.4 Å². The van der Waals surface area contributed by atoms with Crippen molar-refractivity contribution in [3.8, 4) is 0 Å². The van der Waals surface area contributed by atoms with Crippen LogP contribution in [0.2, 0.25) is 0 Å². The summed E-state index contributed by atoms with van der Waals surface area (Å²) in [6, 6.07) is 7.78. The molecule has 0 radical (unpaired) electrons. The first-order valence-corrected chi connectivity index (χ1v) is 8.75. The molecule has 2 aromatic rings. The van der Waals surface area contributed by atoms with Gasteiger partial charge in [0.2, 0.25) is 10.0 Å². The third-order valence-electron chi connectivity index (χ3n) is 3.53. The average molecular weight is 394 g/mol. The molecular weight excluding hydrogens is 380 g/mol. The van der Waals surface area contributed by atoms with Gasteiger partial charge in [-0.2, -0.15) is 0 Å². The normalized spacial score (nSPS) is 11.2. The lowest BCUT2D eigenvalue weighted by Gasteiger charge is -2.11. The van der Waals surface area contributed by atoms with Crippen LogP contribution in [-0.2, 0) is 10.0 Å². The summed E-state index contributed by atoms with van der Waals surface area (Å²) in [4.78, 5) is 32.4. The molecule has 0 heterocycles. The molecule has 0 saturated carbocycles. The number of anilines is 1. The fourth-order valence-electron chi connectivity index (χ4n) is 2.07. The Morgan fingerprint density at radius 3 is 2.07 bits per heavy atom. The molecule has 0 spiro atoms. The Morgan fingerprint density at radius 1 is 1.00 bits per heavy atom. The van der Waals surface area contributed by atoms with E-state index >= 15 is 0 Å². The van der Waals surface area contributed by atoms with Crippen molar-refractivity contribution in [1.29, 1.82) is 0 Å². The molecule has 11 nitrogen and oxygen atoms in total. The number of nitro groups is 2. The van der Waals surface area contributed by atoms with Gasteiger partial charge in [-0.15, -0.1) is 0 Å². The fourth-order valence-corrected chi connectivity index (χ4v) is 2.98. The van der Waals surface area contributed by atoms with Crippen LogP contribution in [0.1, 0.15) is 10.4 Å². The molecule has 1 amide bonds. The lowest BCUT2D eigenvalue weighted by Crippen LogP contribution is -2.22. The second-order valence-electron chi connectivity index (χ2n) is 5.48. The molecule has 0 aliphatic carbocycles. The summed E-state index contributed by atoms with van der Waals surface area (Å²) < 4.78 is 25.0. The lowest BCUT2D eigenvalue weighted by molar-refractivity contribution is -0.393. The molecular formula is C15H14N4O7S. The first kappa shape index (κ1) is 19.9. The van der Waals surface area contributed by atoms with E-state index < -0.39 is 37.2 Å². The quantitative estimate of drug-likeness (QED) is 0.581. The van der Waals surface area contributed by atoms with Gasteiger partial charge in [-0.25, -0.2) is 12.7 Å². The summed E-state index contributed by atoms with van der Waals surface area (Å²) in [5, 5.41) is 24.1. The Labute approximate surface area is 153 Å². The van der Waals surface area contributed by atoms with Crippen LogP contribution in [0.15, 0.2) is 47.4 Å². The molecule has 0 aliphatic heterocycles. The third kappa shape index (κ3) is 4.24. The SMILES string of the molecule is CN(C)S(=O)(=O)c1ccc(C(=O)Nc2ccc([N+](=O)[O-])cc2[N+](=O)[O-])cc1. The van der Waals surface area contributed by atoms with Crippen LogP contribution in [0, 0.1) is 20.2 Å². The molecule has 0 fully saturated rings. The smallest absolute Gasteiger partial charge is 0.299 e. The van der Waals surface area contributed by atoms with Crippen LogP contribution in [0.25, 0.3) is 0 Å². The van der Waals surface area contributed by atoms with Gasteiger partial charge in [0.05, 0.1) is 20.8 Å². The predicted octanol–water partition coefficient (Wildman–Crippen LogP) is 2.01. The zero-order chi connectivity index (χ0) is 20.4. The Kier molecular flexibility index (Phi) is 5.52. The second-order valence-corrected chi connectivity index (χ2v) is 7.63. The van der Waals surface area contributed by atoms with Crippen molar-refractivity contribution in [3.05, 3.63) is 68.3 Å². The molecule has 0 bridgehead atoms. The van der Waals surface area contributed by atoms with Crippen LogP contribution < -0.4 is 5.32 Å². The summed E-state index contributed by atoms with van der Waals surface area (Å²) >= 11 is 0. The number of carbonyl (C=O) groups excluding carboxylic acids is 1. The number of amides is 1. The number of non-ortho nitro benzene ring substituents is 1. The number of nitrogens with zero attached hydrogens (tertiary/aromatic N) is 3. The van der Waals surface area contributed by atoms with Gasteiger partial charge < -0.3 is 5.32 Å². The molecule has 1 N–H and O–H groups in total. The highest BCUT2D eigenvalue weighted by molar-refractivity contribution is 7.89. The van der Waals surface area contributed by atoms with Gasteiger partial charge in [-0.1, -0.05) is 0 Å². The summed E-state index contributed by atoms with van der Waals surface area (Å²) in [7, 11) is -0.931. The molecule has 27 heavy (non-hydrogen) atoms. The van der Waals surface area contributed by atoms with Crippen LogP contribution in [0.3, 0.4) is 0 Å². The van der Waals surface area contributed by atoms with Gasteiger partial charge >= 0.3 is 0 Å². The fraction of sp³-hybridized carbons (Fsp3) is 0.133. The van der Waals surface area contributed by atoms with Gasteiger partial charge in [0.25, 0.3) is 17.3 Å². The standard InChI is InChI=1S/C15H14N4O7S/c1-17(2)27(25,26)12-6-3-10(4-7-12)15(20)16-13-8-5-11(18(21)22)9-14(13)19(23)24/h3-9H,1-2H3,(H,16,20). The second kappa shape index (κ2) is 7.47. The summed E-state index contributed by atoms with van der Waals surface area (Å²) in [6.45, 7) is 0. The zero-order valence-corrected chi connectivity index (χ0v) is 15.0. The minimum atomic E-state index is -3.66. The highest BCUT2D eigenvalue weighted by atomic mass is 32.2. The average Bonchev–Trinajstić information content (AvgIpc) is 2.61. The van der Waals surface area contributed by atoms with Gasteiger partial charge in [0, 0.05) is 25.7 Å². The maximum atomic E-state index is 12.3. The Bertz CT molecular complexity index is 1020. The highest BCUT2D eigenvalue weighted by Crippen LogP contribution is 2.29. The number of rotatable bonds is 6. The van der Waals surface area contributed by atoms with E-state index in [1.165, 1.54) is 38.4 Å². The van der Waals surface area contributed by atoms with E-state index in [1.54, 1.807) is 0 Å². The van der Waals surface area contributed by atoms with E-state index in [0.717, 1.165) is 22.5 Å². The van der Waals surface area contributed by atoms with Crippen molar-refractivity contribution in [3.63, 3.8) is 0 Å². The molecule has 0 aromatic heterocycles. The van der Waals surface area contributed by atoms with Crippen molar-refractivity contribution in [1.82, 2.24) is 4.31 Å². The number of nitro benzene ring substituents is 2. The molecule has 12 heteroatoms. The van der Waals surface area contributed by atoms with Gasteiger partial charge in [-0.05, 0) is 30.3 Å². The summed E-state index contributed by atoms with van der Waals surface area (Å²) in [5.41, 5.74) is -1.29. The van der Waals surface area contributed by atoms with Gasteiger partial charge in [-0.3, -0.25) is 25.0 Å². The Balaban J connectivity index is 2.30. The molecule has 142 valence electrons. The van der Waals surface area contributed by atoms with Crippen LogP contribution in [-0.4, -0.2) is 42.6 Å². The first-order valence-electron chi connectivity index (χ1n) is 7.31. The van der Waals surface area contributed by atoms with E-state index in [2.05, 4.69) is 5.32 Å². The van der Waals surface area contributed by atoms with E-state index in [-0.39, 0.29) is 16.1 Å². The summed E-state index contributed by atoms with van der Waals surface area (Å²) in [6.07, 6.45) is 0. The summed E-state index contributed by atoms with van der Waals surface area (Å²) in [5.74, 6) is -0.735. The Morgan fingerprint density at radius 2 is 1.59 bits per heavy atom. The number of hydrogen-bond donors (Lipinski definition) is 1. The molecule has 2 rings (SSSR count). The topological polar surface area (TPSA) is 153 Å². The van der Waals surface area contributed by atoms with E-state index in [4.69, 9.17) is 0 Å². The molecule has 0 saturated heterocycles. The minimum Gasteiger partial charge on any atom is -0.316 e. The van der Waals surface area contributed by atoms with Crippen LogP contribution in [0.5, 0.6) is 0 Å². The molecule has 0 atom stereocenters. The predicted molar refractivity (Wildman–Crippen MR) is 95.0 cm³/mol. The van der Waals surface area contributed by atoms with E-state index in [1.807, 2.05) is 0 Å². The van der Waals surface area contributed by atoms with E-state index in [9.17, 15) is 33.4 Å². The number of carbonyl (C=O) groups is 1. The number of hydrogen-bond acceptors (Lipinski definition) is 7. The van der Waals surface area contributed by atoms with E-state index in [0.29, 0.717) is 0 Å². The van der Waals surface area contributed by atoms with Gasteiger partial charge in [0.1, 0.15) is 5.69 Å². The number of nitrogens with one attached hydrogen (secondary N) is 1. The lowest BCUT2D eigenvalue weighted by atomic mass is 10.2. The maximum absolute atomic E-state index is 12.3. The van der Waals surface area contributed by atoms with Gasteiger partial charge in [0.15, 0.2) is 0 Å². The van der Waals surface area contributed by atoms with Crippen molar-refractivity contribution in [2.24, 2.45) is 0 Å².